The third kappa shape index (κ3) is 3.03. The number of benzene rings is 2. The lowest BCUT2D eigenvalue weighted by Gasteiger charge is -2.23. The Morgan fingerprint density at radius 3 is 2.04 bits per heavy atom. The molecule has 142 valence electrons. The van der Waals surface area contributed by atoms with Gasteiger partial charge < -0.3 is 18.9 Å². The van der Waals surface area contributed by atoms with E-state index in [1.54, 1.807) is 0 Å². The van der Waals surface area contributed by atoms with Crippen LogP contribution in [0.25, 0.3) is 12.2 Å². The SMILES string of the molecule is C[C@@H]1CC/C(=C\c2ccc3c(c2)OCO3)C(=O)/C1=C/c1ccc2c(c1)OCO2. The molecule has 0 spiro atoms. The lowest BCUT2D eigenvalue weighted by Crippen LogP contribution is -2.19. The van der Waals surface area contributed by atoms with E-state index in [4.69, 9.17) is 18.9 Å². The maximum atomic E-state index is 13.2. The summed E-state index contributed by atoms with van der Waals surface area (Å²) in [5, 5.41) is 0. The summed E-state index contributed by atoms with van der Waals surface area (Å²) >= 11 is 0. The molecule has 0 bridgehead atoms. The second-order valence-electron chi connectivity index (χ2n) is 7.26. The van der Waals surface area contributed by atoms with E-state index in [0.29, 0.717) is 0 Å². The summed E-state index contributed by atoms with van der Waals surface area (Å²) in [7, 11) is 0. The predicted molar refractivity (Wildman–Crippen MR) is 104 cm³/mol. The maximum absolute atomic E-state index is 13.2. The molecule has 0 unspecified atom stereocenters. The zero-order valence-corrected chi connectivity index (χ0v) is 15.6. The van der Waals surface area contributed by atoms with Crippen LogP contribution in [-0.4, -0.2) is 19.4 Å². The molecule has 28 heavy (non-hydrogen) atoms. The van der Waals surface area contributed by atoms with Crippen molar-refractivity contribution in [2.75, 3.05) is 13.6 Å². The van der Waals surface area contributed by atoms with Crippen molar-refractivity contribution >= 4 is 17.9 Å². The molecule has 3 aliphatic rings. The Labute approximate surface area is 163 Å². The van der Waals surface area contributed by atoms with Gasteiger partial charge in [0.1, 0.15) is 0 Å². The molecule has 0 radical (unpaired) electrons. The second-order valence-corrected chi connectivity index (χ2v) is 7.26. The average molecular weight is 376 g/mol. The van der Waals surface area contributed by atoms with E-state index in [1.807, 2.05) is 48.6 Å². The van der Waals surface area contributed by atoms with Gasteiger partial charge in [-0.3, -0.25) is 4.79 Å². The first-order chi connectivity index (χ1) is 13.7. The molecule has 0 saturated heterocycles. The monoisotopic (exact) mass is 376 g/mol. The van der Waals surface area contributed by atoms with Crippen LogP contribution < -0.4 is 18.9 Å². The minimum Gasteiger partial charge on any atom is -0.454 e. The number of hydrogen-bond acceptors (Lipinski definition) is 5. The highest BCUT2D eigenvalue weighted by Gasteiger charge is 2.27. The van der Waals surface area contributed by atoms with Gasteiger partial charge in [0.25, 0.3) is 0 Å². The summed E-state index contributed by atoms with van der Waals surface area (Å²) in [6, 6.07) is 11.5. The van der Waals surface area contributed by atoms with Crippen LogP contribution in [0.2, 0.25) is 0 Å². The summed E-state index contributed by atoms with van der Waals surface area (Å²) in [6.07, 6.45) is 5.65. The van der Waals surface area contributed by atoms with Gasteiger partial charge >= 0.3 is 0 Å². The van der Waals surface area contributed by atoms with Gasteiger partial charge in [-0.05, 0) is 66.3 Å². The lowest BCUT2D eigenvalue weighted by atomic mass is 9.80. The van der Waals surface area contributed by atoms with Crippen LogP contribution in [0.15, 0.2) is 47.5 Å². The number of Topliss-reactive ketones (excluding diaryl/α,β-unsaturated/α-hetero) is 1. The van der Waals surface area contributed by atoms with Crippen LogP contribution in [0.5, 0.6) is 23.0 Å². The van der Waals surface area contributed by atoms with E-state index >= 15 is 0 Å². The molecule has 2 aromatic carbocycles. The molecule has 1 aliphatic carbocycles. The van der Waals surface area contributed by atoms with Gasteiger partial charge in [0.15, 0.2) is 28.8 Å². The molecule has 0 N–H and O–H groups in total. The summed E-state index contributed by atoms with van der Waals surface area (Å²) in [5.74, 6) is 3.26. The molecular formula is C23H20O5. The van der Waals surface area contributed by atoms with Crippen LogP contribution in [-0.2, 0) is 4.79 Å². The Morgan fingerprint density at radius 2 is 1.39 bits per heavy atom. The third-order valence-electron chi connectivity index (χ3n) is 5.39. The smallest absolute Gasteiger partial charge is 0.231 e. The highest BCUT2D eigenvalue weighted by molar-refractivity contribution is 6.14. The minimum absolute atomic E-state index is 0.106. The molecule has 0 aromatic heterocycles. The largest absolute Gasteiger partial charge is 0.454 e. The first kappa shape index (κ1) is 16.9. The van der Waals surface area contributed by atoms with Gasteiger partial charge in [0, 0.05) is 11.1 Å². The van der Waals surface area contributed by atoms with Crippen LogP contribution >= 0.6 is 0 Å². The maximum Gasteiger partial charge on any atom is 0.231 e. The summed E-state index contributed by atoms with van der Waals surface area (Å²) in [6.45, 7) is 2.59. The molecule has 5 rings (SSSR count). The first-order valence-corrected chi connectivity index (χ1v) is 9.43. The number of rotatable bonds is 2. The number of ether oxygens (including phenoxy) is 4. The molecule has 5 nitrogen and oxygen atoms in total. The van der Waals surface area contributed by atoms with Gasteiger partial charge in [0.05, 0.1) is 0 Å². The van der Waals surface area contributed by atoms with Gasteiger partial charge in [-0.1, -0.05) is 19.1 Å². The number of fused-ring (bicyclic) bond motifs is 2. The zero-order valence-electron chi connectivity index (χ0n) is 15.6. The first-order valence-electron chi connectivity index (χ1n) is 9.43. The zero-order chi connectivity index (χ0) is 19.1. The van der Waals surface area contributed by atoms with Crippen molar-refractivity contribution in [3.05, 3.63) is 58.7 Å². The van der Waals surface area contributed by atoms with E-state index < -0.39 is 0 Å². The molecule has 1 fully saturated rings. The average Bonchev–Trinajstić information content (AvgIpc) is 3.35. The van der Waals surface area contributed by atoms with Gasteiger partial charge in [0.2, 0.25) is 13.6 Å². The Bertz CT molecular complexity index is 1020. The Hall–Kier alpha value is -3.21. The minimum atomic E-state index is 0.106. The van der Waals surface area contributed by atoms with Crippen LogP contribution in [0.4, 0.5) is 0 Å². The van der Waals surface area contributed by atoms with Crippen LogP contribution in [0.1, 0.15) is 30.9 Å². The molecule has 2 aromatic rings. The summed E-state index contributed by atoms with van der Waals surface area (Å²) in [4.78, 5) is 13.2. The fourth-order valence-corrected chi connectivity index (χ4v) is 3.78. The molecule has 2 aliphatic heterocycles. The van der Waals surface area contributed by atoms with E-state index in [-0.39, 0.29) is 25.3 Å². The summed E-state index contributed by atoms with van der Waals surface area (Å²) in [5.41, 5.74) is 3.55. The van der Waals surface area contributed by atoms with Crippen LogP contribution in [0.3, 0.4) is 0 Å². The number of carbonyl (C=O) groups excluding carboxylic acids is 1. The van der Waals surface area contributed by atoms with Gasteiger partial charge in [-0.15, -0.1) is 0 Å². The normalized spacial score (nSPS) is 22.9. The fourth-order valence-electron chi connectivity index (χ4n) is 3.78. The van der Waals surface area contributed by atoms with Crippen molar-refractivity contribution in [2.24, 2.45) is 5.92 Å². The van der Waals surface area contributed by atoms with E-state index in [0.717, 1.165) is 58.1 Å². The number of hydrogen-bond donors (Lipinski definition) is 0. The van der Waals surface area contributed by atoms with Gasteiger partial charge in [-0.25, -0.2) is 0 Å². The Morgan fingerprint density at radius 1 is 0.821 bits per heavy atom. The van der Waals surface area contributed by atoms with Crippen molar-refractivity contribution in [2.45, 2.75) is 19.8 Å². The molecule has 2 heterocycles. The van der Waals surface area contributed by atoms with Crippen molar-refractivity contribution in [3.63, 3.8) is 0 Å². The Balaban J connectivity index is 1.45. The number of allylic oxidation sites excluding steroid dienone is 2. The highest BCUT2D eigenvalue weighted by atomic mass is 16.7. The van der Waals surface area contributed by atoms with Crippen molar-refractivity contribution < 1.29 is 23.7 Å². The number of carbonyl (C=O) groups is 1. The van der Waals surface area contributed by atoms with Crippen molar-refractivity contribution in [1.29, 1.82) is 0 Å². The fraction of sp³-hybridized carbons (Fsp3) is 0.261. The van der Waals surface area contributed by atoms with E-state index in [9.17, 15) is 4.79 Å². The van der Waals surface area contributed by atoms with Gasteiger partial charge in [-0.2, -0.15) is 0 Å². The standard InChI is InChI=1S/C23H20O5/c1-14-2-5-17(8-15-3-6-19-21(10-15)27-12-25-19)23(24)18(14)9-16-4-7-20-22(11-16)28-13-26-20/h3-4,6-11,14H,2,5,12-13H2,1H3/b17-8+,18-9+/t14-/m1/s1. The highest BCUT2D eigenvalue weighted by Crippen LogP contribution is 2.37. The molecular weight excluding hydrogens is 356 g/mol. The van der Waals surface area contributed by atoms with Crippen molar-refractivity contribution in [3.8, 4) is 23.0 Å². The quantitative estimate of drug-likeness (QED) is 0.717. The van der Waals surface area contributed by atoms with E-state index in [2.05, 4.69) is 6.92 Å². The third-order valence-corrected chi connectivity index (χ3v) is 5.39. The molecule has 5 heteroatoms. The molecule has 0 amide bonds. The summed E-state index contributed by atoms with van der Waals surface area (Å²) < 4.78 is 21.6. The van der Waals surface area contributed by atoms with Crippen molar-refractivity contribution in [1.82, 2.24) is 0 Å². The topological polar surface area (TPSA) is 54.0 Å². The van der Waals surface area contributed by atoms with E-state index in [1.165, 1.54) is 0 Å². The lowest BCUT2D eigenvalue weighted by molar-refractivity contribution is -0.113. The molecule has 1 saturated carbocycles. The Kier molecular flexibility index (Phi) is 4.08. The van der Waals surface area contributed by atoms with Crippen LogP contribution in [0, 0.1) is 5.92 Å². The molecule has 1 atom stereocenters. The second kappa shape index (κ2) is 6.75. The predicted octanol–water partition coefficient (Wildman–Crippen LogP) is 4.61. The number of ketones is 1.